The van der Waals surface area contributed by atoms with Crippen LogP contribution in [0.5, 0.6) is 52.3 Å². The molecule has 148 heavy (non-hydrogen) atoms. The van der Waals surface area contributed by atoms with Gasteiger partial charge < -0.3 is 77.5 Å². The second-order valence-corrected chi connectivity index (χ2v) is 39.3. The lowest BCUT2D eigenvalue weighted by Crippen LogP contribution is -2.34. The van der Waals surface area contributed by atoms with Gasteiger partial charge in [0.25, 0.3) is 0 Å². The van der Waals surface area contributed by atoms with Gasteiger partial charge in [-0.2, -0.15) is 0 Å². The van der Waals surface area contributed by atoms with Crippen molar-refractivity contribution in [3.63, 3.8) is 0 Å². The molecule has 12 heterocycles. The maximum atomic E-state index is 12.3. The van der Waals surface area contributed by atoms with Gasteiger partial charge in [-0.3, -0.25) is 19.6 Å². The first-order chi connectivity index (χ1) is 72.5. The van der Waals surface area contributed by atoms with Gasteiger partial charge in [-0.25, -0.2) is 39.1 Å². The molecule has 6 fully saturated rings. The summed E-state index contributed by atoms with van der Waals surface area (Å²) in [6.45, 7) is 8.34. The first-order valence-electron chi connectivity index (χ1n) is 51.4. The van der Waals surface area contributed by atoms with Crippen LogP contribution >= 0.6 is 0 Å². The number of aromatic nitrogens is 4. The molecular weight excluding hydrogens is 1870 g/mol. The Hall–Kier alpha value is -15.9. The smallest absolute Gasteiger partial charge is 0.339 e. The molecule has 6 aliphatic rings. The summed E-state index contributed by atoms with van der Waals surface area (Å²) in [5.74, 6) is -0.219. The zero-order valence-corrected chi connectivity index (χ0v) is 82.0. The van der Waals surface area contributed by atoms with Gasteiger partial charge in [0.05, 0.1) is 37.4 Å². The molecule has 8 N–H and O–H groups in total. The van der Waals surface area contributed by atoms with Crippen LogP contribution in [0.4, 0.5) is 0 Å². The van der Waals surface area contributed by atoms with Crippen LogP contribution in [-0.2, 0) is 6.61 Å². The zero-order valence-electron chi connectivity index (χ0n) is 82.0. The number of aromatic hydroxyl groups is 4. The highest BCUT2D eigenvalue weighted by Crippen LogP contribution is 2.54. The van der Waals surface area contributed by atoms with Crippen molar-refractivity contribution in [2.45, 2.75) is 153 Å². The number of rotatable bonds is 27. The number of fused-ring (bicyclic) bond motifs is 12. The lowest BCUT2D eigenvalue weighted by Gasteiger charge is -2.36. The summed E-state index contributed by atoms with van der Waals surface area (Å²) >= 11 is 0. The van der Waals surface area contributed by atoms with E-state index < -0.39 is 36.0 Å². The van der Waals surface area contributed by atoms with E-state index in [0.717, 1.165) is 157 Å². The van der Waals surface area contributed by atoms with Crippen molar-refractivity contribution in [2.24, 2.45) is 11.8 Å². The van der Waals surface area contributed by atoms with E-state index in [1.807, 2.05) is 206 Å². The molecule has 18 aromatic rings. The van der Waals surface area contributed by atoms with Crippen LogP contribution in [0.1, 0.15) is 238 Å². The lowest BCUT2D eigenvalue weighted by molar-refractivity contribution is 0.0686. The van der Waals surface area contributed by atoms with Crippen molar-refractivity contribution in [3.8, 4) is 52.3 Å². The summed E-state index contributed by atoms with van der Waals surface area (Å²) < 4.78 is 47.6. The number of furan rings is 4. The number of hydrogen-bond acceptors (Lipinski definition) is 24. The Morgan fingerprint density at radius 3 is 0.851 bits per heavy atom. The number of pyridine rings is 4. The number of nitrogens with zero attached hydrogens (tertiary/aromatic N) is 8. The monoisotopic (exact) mass is 1990 g/mol. The molecule has 4 aliphatic heterocycles. The van der Waals surface area contributed by atoms with Crippen LogP contribution in [0.3, 0.4) is 0 Å². The lowest BCUT2D eigenvalue weighted by atomic mass is 9.88. The molecule has 28 nitrogen and oxygen atoms in total. The first kappa shape index (κ1) is 98.2. The second-order valence-electron chi connectivity index (χ2n) is 39.3. The Balaban J connectivity index is 0.000000116. The van der Waals surface area contributed by atoms with Crippen molar-refractivity contribution in [1.82, 2.24) is 39.5 Å². The predicted molar refractivity (Wildman–Crippen MR) is 563 cm³/mol. The highest BCUT2D eigenvalue weighted by molar-refractivity contribution is 6.19. The maximum Gasteiger partial charge on any atom is 0.339 e. The van der Waals surface area contributed by atoms with E-state index in [0.29, 0.717) is 170 Å². The molecular formula is C120H116N8O20. The van der Waals surface area contributed by atoms with Gasteiger partial charge in [0.15, 0.2) is 0 Å². The van der Waals surface area contributed by atoms with E-state index in [9.17, 15) is 60.0 Å². The number of benzene rings is 10. The standard InChI is InChI=1S/C31H34N2O5.C31H28N2O5.C30H26N2O5.C28H28N2O5/c2*34-29-22-11-5-6-12-23(22)30-26(24(19-38-30)31(35)36)27(29)28(33-15-7-2-8-16-33)21-13-14-32-25(17-21)37-18-20-9-3-1-4-10-20;33-28-21-11-5-6-12-22(21)29-25(23(18-36-29)30(34)35)26(28)27(32-15-7-2-8-16-32)19-13-14-31-24(17-19)37-20-9-3-1-4-10-20;31-26-19-6-2-3-7-20(19)27-23(21(16-35-27)28(32)33)24(26)25(30-12-4-1-5-13-30)18-10-11-29-22(14-18)34-15-17-8-9-17/h5-6,11-14,17,19-20,28,34H,1-4,7-10,15-16,18H2,(H,35,36);1,3-6,9-14,17,19,28,34H,2,7-8,15-16,18H2,(H,35,36);1,3-6,9-14,17-18,27,33H,2,7-8,15-16H2,(H,34,35);2-3,6-7,10-11,14,16-17,25,31H,1,4-5,8-9,12-13,15H2,(H,32,33). The molecule has 0 spiro atoms. The number of phenolic OH excluding ortho intramolecular Hbond substituents is 4. The Bertz CT molecular complexity index is 7880. The molecule has 2 saturated carbocycles. The Labute approximate surface area is 853 Å². The third-order valence-electron chi connectivity index (χ3n) is 29.9. The van der Waals surface area contributed by atoms with Crippen LogP contribution in [0, 0.1) is 11.8 Å². The van der Waals surface area contributed by atoms with Crippen molar-refractivity contribution >= 4 is 111 Å². The van der Waals surface area contributed by atoms with Crippen LogP contribution in [-0.4, -0.2) is 170 Å². The normalized spacial score (nSPS) is 16.5. The number of ether oxygens (including phenoxy) is 4. The number of piperidine rings is 4. The predicted octanol–water partition coefficient (Wildman–Crippen LogP) is 26.0. The van der Waals surface area contributed by atoms with Crippen molar-refractivity contribution in [2.75, 3.05) is 65.6 Å². The van der Waals surface area contributed by atoms with E-state index in [-0.39, 0.29) is 57.3 Å². The number of likely N-dealkylation sites (tertiary alicyclic amines) is 4. The van der Waals surface area contributed by atoms with E-state index in [1.165, 1.54) is 70.0 Å². The molecule has 2 aliphatic carbocycles. The topological polar surface area (TPSA) is 384 Å². The summed E-state index contributed by atoms with van der Waals surface area (Å²) in [7, 11) is 0. The zero-order chi connectivity index (χ0) is 101. The molecule has 28 heteroatoms. The quantitative estimate of drug-likeness (QED) is 0.0237. The third-order valence-corrected chi connectivity index (χ3v) is 29.9. The van der Waals surface area contributed by atoms with Crippen molar-refractivity contribution in [3.05, 3.63) is 328 Å². The van der Waals surface area contributed by atoms with Crippen LogP contribution in [0.2, 0.25) is 0 Å². The number of carboxylic acids is 4. The molecule has 4 unspecified atom stereocenters. The summed E-state index contributed by atoms with van der Waals surface area (Å²) in [6, 6.07) is 62.7. The minimum absolute atomic E-state index is 0.0304. The summed E-state index contributed by atoms with van der Waals surface area (Å²) in [6.07, 6.45) is 33.4. The van der Waals surface area contributed by atoms with Crippen LogP contribution in [0.25, 0.3) is 87.0 Å². The number of carbonyl (C=O) groups is 4. The Kier molecular flexibility index (Phi) is 29.3. The minimum atomic E-state index is -1.10. The second kappa shape index (κ2) is 44.2. The van der Waals surface area contributed by atoms with Gasteiger partial charge >= 0.3 is 23.9 Å². The average molecular weight is 1990 g/mol. The van der Waals surface area contributed by atoms with Crippen LogP contribution in [0.15, 0.2) is 274 Å². The summed E-state index contributed by atoms with van der Waals surface area (Å²) in [4.78, 5) is 76.2. The fourth-order valence-corrected chi connectivity index (χ4v) is 22.6. The van der Waals surface area contributed by atoms with E-state index >= 15 is 0 Å². The molecule has 24 rings (SSSR count). The number of carboxylic acid groups (broad SMARTS) is 4. The molecule has 756 valence electrons. The molecule has 0 radical (unpaired) electrons. The van der Waals surface area contributed by atoms with Gasteiger partial charge in [0.1, 0.15) is 105 Å². The number of aromatic carboxylic acids is 4. The van der Waals surface area contributed by atoms with E-state index in [2.05, 4.69) is 39.5 Å². The molecule has 4 saturated heterocycles. The molecule has 0 amide bonds. The van der Waals surface area contributed by atoms with E-state index in [1.54, 1.807) is 24.8 Å². The summed E-state index contributed by atoms with van der Waals surface area (Å²) in [5, 5.41) is 94.1. The van der Waals surface area contributed by atoms with Gasteiger partial charge in [0.2, 0.25) is 23.5 Å². The Morgan fingerprint density at radius 1 is 0.297 bits per heavy atom. The number of para-hydroxylation sites is 1. The van der Waals surface area contributed by atoms with Crippen LogP contribution < -0.4 is 18.9 Å². The number of phenols is 4. The minimum Gasteiger partial charge on any atom is -0.507 e. The molecule has 0 bridgehead atoms. The van der Waals surface area contributed by atoms with Crippen molar-refractivity contribution < 1.29 is 96.6 Å². The van der Waals surface area contributed by atoms with Gasteiger partial charge in [0, 0.05) is 136 Å². The molecule has 8 aromatic heterocycles. The third kappa shape index (κ3) is 20.4. The Morgan fingerprint density at radius 2 is 0.554 bits per heavy atom. The fraction of sp³-hybridized carbons (Fsp3) is 0.300. The highest BCUT2D eigenvalue weighted by Gasteiger charge is 2.40. The first-order valence-corrected chi connectivity index (χ1v) is 51.4. The molecule has 4 atom stereocenters. The largest absolute Gasteiger partial charge is 0.507 e. The summed E-state index contributed by atoms with van der Waals surface area (Å²) in [5.41, 5.74) is 8.83. The number of hydrogen-bond donors (Lipinski definition) is 8. The van der Waals surface area contributed by atoms with Crippen molar-refractivity contribution in [1.29, 1.82) is 0 Å². The highest BCUT2D eigenvalue weighted by atomic mass is 16.5. The average Bonchev–Trinajstić information content (AvgIpc) is 1.52. The van der Waals surface area contributed by atoms with Gasteiger partial charge in [-0.1, -0.05) is 191 Å². The SMILES string of the molecule is O=C(O)c1coc2c1c(C(c1ccnc(OCC3CC3)c1)N1CCCCC1)c(O)c1ccccc12.O=C(O)c1coc2c1c(C(c1ccnc(OCC3CCCCC3)c1)N1CCCCC1)c(O)c1ccccc12.O=C(O)c1coc2c1c(C(c1ccnc(OCc3ccccc3)c1)N1CCCCC1)c(O)c1ccccc12.O=C(O)c1coc2c1c(C(c1ccnc(Oc3ccccc3)c1)N1CCCCC1)c(O)c1ccccc12. The maximum absolute atomic E-state index is 12.3. The fourth-order valence-electron chi connectivity index (χ4n) is 22.6. The van der Waals surface area contributed by atoms with E-state index in [4.69, 9.17) is 36.6 Å². The molecule has 10 aromatic carbocycles. The van der Waals surface area contributed by atoms with Gasteiger partial charge in [-0.05, 0) is 205 Å². The van der Waals surface area contributed by atoms with Gasteiger partial charge in [-0.15, -0.1) is 0 Å².